The van der Waals surface area contributed by atoms with Crippen molar-refractivity contribution in [2.75, 3.05) is 48.8 Å². The molecule has 1 aliphatic heterocycles. The number of sulfonamides is 1. The summed E-state index contributed by atoms with van der Waals surface area (Å²) in [6, 6.07) is 14.9. The van der Waals surface area contributed by atoms with Crippen LogP contribution in [0.1, 0.15) is 5.56 Å². The van der Waals surface area contributed by atoms with Crippen LogP contribution >= 0.6 is 0 Å². The average Bonchev–Trinajstić information content (AvgIpc) is 2.67. The van der Waals surface area contributed by atoms with Gasteiger partial charge in [-0.3, -0.25) is 4.72 Å². The molecule has 2 aromatic rings. The minimum absolute atomic E-state index is 0.0158. The molecule has 1 aliphatic rings. The Bertz CT molecular complexity index is 833. The maximum absolute atomic E-state index is 12.4. The van der Waals surface area contributed by atoms with Gasteiger partial charge in [-0.05, 0) is 42.3 Å². The molecule has 0 radical (unpaired) electrons. The van der Waals surface area contributed by atoms with Gasteiger partial charge in [0.05, 0.1) is 31.8 Å². The van der Waals surface area contributed by atoms with Gasteiger partial charge in [0, 0.05) is 18.8 Å². The van der Waals surface area contributed by atoms with Gasteiger partial charge in [-0.25, -0.2) is 8.42 Å². The Kier molecular flexibility index (Phi) is 6.00. The van der Waals surface area contributed by atoms with Gasteiger partial charge in [-0.1, -0.05) is 18.2 Å². The maximum Gasteiger partial charge on any atom is 0.233 e. The minimum atomic E-state index is -3.43. The number of nitrogens with one attached hydrogen (secondary N) is 1. The maximum atomic E-state index is 12.4. The first-order valence-electron chi connectivity index (χ1n) is 8.62. The van der Waals surface area contributed by atoms with Gasteiger partial charge < -0.3 is 14.4 Å². The average molecular weight is 376 g/mol. The van der Waals surface area contributed by atoms with E-state index in [4.69, 9.17) is 9.47 Å². The summed E-state index contributed by atoms with van der Waals surface area (Å²) < 4.78 is 38.1. The predicted octanol–water partition coefficient (Wildman–Crippen LogP) is 2.52. The first-order valence-corrected chi connectivity index (χ1v) is 10.3. The fraction of sp³-hybridized carbons (Fsp3) is 0.368. The highest BCUT2D eigenvalue weighted by molar-refractivity contribution is 7.92. The normalized spacial score (nSPS) is 14.9. The van der Waals surface area contributed by atoms with Gasteiger partial charge in [0.2, 0.25) is 10.0 Å². The summed E-state index contributed by atoms with van der Waals surface area (Å²) in [6.45, 7) is 3.01. The number of anilines is 2. The van der Waals surface area contributed by atoms with Crippen LogP contribution in [0.5, 0.6) is 5.75 Å². The van der Waals surface area contributed by atoms with Crippen molar-refractivity contribution in [3.63, 3.8) is 0 Å². The monoisotopic (exact) mass is 376 g/mol. The Morgan fingerprint density at radius 2 is 1.88 bits per heavy atom. The fourth-order valence-corrected chi connectivity index (χ4v) is 3.99. The summed E-state index contributed by atoms with van der Waals surface area (Å²) in [5.41, 5.74) is 2.51. The number of aryl methyl sites for hydroxylation is 1. The molecule has 0 spiro atoms. The molecule has 140 valence electrons. The zero-order valence-corrected chi connectivity index (χ0v) is 15.7. The fourth-order valence-electron chi connectivity index (χ4n) is 2.90. The largest absolute Gasteiger partial charge is 0.497 e. The van der Waals surface area contributed by atoms with Crippen molar-refractivity contribution in [2.45, 2.75) is 6.42 Å². The lowest BCUT2D eigenvalue weighted by atomic mass is 10.2. The minimum Gasteiger partial charge on any atom is -0.497 e. The van der Waals surface area contributed by atoms with Crippen LogP contribution in [0.15, 0.2) is 48.5 Å². The van der Waals surface area contributed by atoms with Gasteiger partial charge in [0.15, 0.2) is 0 Å². The highest BCUT2D eigenvalue weighted by Gasteiger charge is 2.14. The molecule has 0 amide bonds. The Morgan fingerprint density at radius 3 is 2.65 bits per heavy atom. The third kappa shape index (κ3) is 5.12. The molecule has 26 heavy (non-hydrogen) atoms. The number of hydrogen-bond acceptors (Lipinski definition) is 5. The lowest BCUT2D eigenvalue weighted by molar-refractivity contribution is 0.122. The second-order valence-corrected chi connectivity index (χ2v) is 8.01. The van der Waals surface area contributed by atoms with Crippen molar-refractivity contribution in [3.05, 3.63) is 54.1 Å². The number of nitrogens with zero attached hydrogens (tertiary/aromatic N) is 1. The van der Waals surface area contributed by atoms with Crippen molar-refractivity contribution in [1.82, 2.24) is 0 Å². The number of rotatable bonds is 7. The van der Waals surface area contributed by atoms with Crippen molar-refractivity contribution in [3.8, 4) is 5.75 Å². The highest BCUT2D eigenvalue weighted by atomic mass is 32.2. The second kappa shape index (κ2) is 8.42. The molecule has 7 heteroatoms. The molecule has 0 aliphatic carbocycles. The predicted molar refractivity (Wildman–Crippen MR) is 104 cm³/mol. The molecule has 0 unspecified atom stereocenters. The van der Waals surface area contributed by atoms with Crippen molar-refractivity contribution in [2.24, 2.45) is 0 Å². The summed E-state index contributed by atoms with van der Waals surface area (Å²) in [6.07, 6.45) is 0.426. The topological polar surface area (TPSA) is 67.9 Å². The summed E-state index contributed by atoms with van der Waals surface area (Å²) in [5, 5.41) is 0. The number of hydrogen-bond donors (Lipinski definition) is 1. The zero-order chi connectivity index (χ0) is 18.4. The van der Waals surface area contributed by atoms with Gasteiger partial charge in [-0.15, -0.1) is 0 Å². The molecule has 1 heterocycles. The molecule has 0 aromatic heterocycles. The molecule has 6 nitrogen and oxygen atoms in total. The number of morpholine rings is 1. The van der Waals surface area contributed by atoms with Crippen LogP contribution in [0, 0.1) is 0 Å². The first-order chi connectivity index (χ1) is 12.6. The Hall–Kier alpha value is -2.25. The quantitative estimate of drug-likeness (QED) is 0.804. The van der Waals surface area contributed by atoms with Gasteiger partial charge >= 0.3 is 0 Å². The second-order valence-electron chi connectivity index (χ2n) is 6.17. The van der Waals surface area contributed by atoms with E-state index >= 15 is 0 Å². The SMILES string of the molecule is COc1cccc(CCS(=O)(=O)Nc2cccc(N3CCOCC3)c2)c1. The van der Waals surface area contributed by atoms with E-state index in [1.807, 2.05) is 42.5 Å². The number of benzene rings is 2. The summed E-state index contributed by atoms with van der Waals surface area (Å²) >= 11 is 0. The molecular weight excluding hydrogens is 352 g/mol. The van der Waals surface area contributed by atoms with E-state index in [1.54, 1.807) is 13.2 Å². The van der Waals surface area contributed by atoms with Gasteiger partial charge in [0.25, 0.3) is 0 Å². The van der Waals surface area contributed by atoms with E-state index in [9.17, 15) is 8.42 Å². The van der Waals surface area contributed by atoms with E-state index in [2.05, 4.69) is 9.62 Å². The van der Waals surface area contributed by atoms with E-state index in [1.165, 1.54) is 0 Å². The van der Waals surface area contributed by atoms with E-state index in [-0.39, 0.29) is 5.75 Å². The van der Waals surface area contributed by atoms with E-state index < -0.39 is 10.0 Å². The Morgan fingerprint density at radius 1 is 1.12 bits per heavy atom. The molecule has 1 fully saturated rings. The molecule has 0 bridgehead atoms. The molecule has 1 saturated heterocycles. The van der Waals surface area contributed by atoms with Gasteiger partial charge in [0.1, 0.15) is 5.75 Å². The van der Waals surface area contributed by atoms with E-state index in [0.717, 1.165) is 30.1 Å². The third-order valence-corrected chi connectivity index (χ3v) is 5.58. The van der Waals surface area contributed by atoms with Crippen molar-refractivity contribution >= 4 is 21.4 Å². The molecule has 2 aromatic carbocycles. The van der Waals surface area contributed by atoms with Crippen LogP contribution < -0.4 is 14.4 Å². The standard InChI is InChI=1S/C19H24N2O4S/c1-24-19-7-2-4-16(14-19)8-13-26(22,23)20-17-5-3-6-18(15-17)21-9-11-25-12-10-21/h2-7,14-15,20H,8-13H2,1H3. The number of ether oxygens (including phenoxy) is 2. The molecular formula is C19H24N2O4S. The first kappa shape index (κ1) is 18.5. The third-order valence-electron chi connectivity index (χ3n) is 4.29. The van der Waals surface area contributed by atoms with Crippen LogP contribution in [0.4, 0.5) is 11.4 Å². The number of methoxy groups -OCH3 is 1. The molecule has 1 N–H and O–H groups in total. The Balaban J connectivity index is 1.63. The molecule has 0 saturated carbocycles. The molecule has 3 rings (SSSR count). The van der Waals surface area contributed by atoms with Gasteiger partial charge in [-0.2, -0.15) is 0 Å². The van der Waals surface area contributed by atoms with Crippen LogP contribution in [-0.2, 0) is 21.2 Å². The lowest BCUT2D eigenvalue weighted by Gasteiger charge is -2.29. The van der Waals surface area contributed by atoms with Crippen LogP contribution in [-0.4, -0.2) is 47.6 Å². The summed E-state index contributed by atoms with van der Waals surface area (Å²) in [5.74, 6) is 0.744. The van der Waals surface area contributed by atoms with Crippen LogP contribution in [0.3, 0.4) is 0 Å². The van der Waals surface area contributed by atoms with Crippen molar-refractivity contribution < 1.29 is 17.9 Å². The lowest BCUT2D eigenvalue weighted by Crippen LogP contribution is -2.36. The Labute approximate surface area is 154 Å². The highest BCUT2D eigenvalue weighted by Crippen LogP contribution is 2.21. The van der Waals surface area contributed by atoms with Crippen molar-refractivity contribution in [1.29, 1.82) is 0 Å². The van der Waals surface area contributed by atoms with E-state index in [0.29, 0.717) is 25.3 Å². The smallest absolute Gasteiger partial charge is 0.233 e. The van der Waals surface area contributed by atoms with Crippen LogP contribution in [0.2, 0.25) is 0 Å². The zero-order valence-electron chi connectivity index (χ0n) is 14.8. The van der Waals surface area contributed by atoms with Crippen LogP contribution in [0.25, 0.3) is 0 Å². The summed E-state index contributed by atoms with van der Waals surface area (Å²) in [7, 11) is -1.84. The molecule has 0 atom stereocenters. The summed E-state index contributed by atoms with van der Waals surface area (Å²) in [4.78, 5) is 2.19.